The quantitative estimate of drug-likeness (QED) is 0.446. The first-order chi connectivity index (χ1) is 8.90. The van der Waals surface area contributed by atoms with E-state index in [1.54, 1.807) is 12.1 Å². The number of anilines is 2. The van der Waals surface area contributed by atoms with Crippen molar-refractivity contribution in [1.29, 1.82) is 0 Å². The molecule has 1 aromatic carbocycles. The number of nitrogens with two attached hydrogens (primary N) is 1. The normalized spacial score (nSPS) is 12.4. The highest BCUT2D eigenvalue weighted by Gasteiger charge is 2.12. The largest absolute Gasteiger partial charge is 0.393 e. The maximum atomic E-state index is 10.7. The molecule has 0 aliphatic rings. The van der Waals surface area contributed by atoms with Gasteiger partial charge >= 0.3 is 0 Å². The summed E-state index contributed by atoms with van der Waals surface area (Å²) >= 11 is 0. The number of nitrogen functional groups attached to an aromatic ring is 1. The fourth-order valence-corrected chi connectivity index (χ4v) is 2.00. The third-order valence-corrected chi connectivity index (χ3v) is 3.06. The summed E-state index contributed by atoms with van der Waals surface area (Å²) in [5, 5.41) is 14.0. The van der Waals surface area contributed by atoms with Gasteiger partial charge in [-0.15, -0.1) is 0 Å². The Kier molecular flexibility index (Phi) is 5.60. The summed E-state index contributed by atoms with van der Waals surface area (Å²) in [7, 11) is 0. The van der Waals surface area contributed by atoms with Crippen molar-refractivity contribution in [3.63, 3.8) is 0 Å². The zero-order valence-electron chi connectivity index (χ0n) is 11.8. The molecule has 1 aromatic rings. The molecule has 19 heavy (non-hydrogen) atoms. The summed E-state index contributed by atoms with van der Waals surface area (Å²) < 4.78 is 0. The molecule has 0 aromatic heterocycles. The Hall–Kier alpha value is -1.78. The number of nitro groups is 1. The van der Waals surface area contributed by atoms with Crippen LogP contribution in [0.3, 0.4) is 0 Å². The van der Waals surface area contributed by atoms with E-state index in [2.05, 4.69) is 26.1 Å². The van der Waals surface area contributed by atoms with E-state index in [4.69, 9.17) is 5.73 Å². The fourth-order valence-electron chi connectivity index (χ4n) is 2.00. The van der Waals surface area contributed by atoms with E-state index in [1.807, 2.05) is 0 Å². The smallest absolute Gasteiger partial charge is 0.292 e. The van der Waals surface area contributed by atoms with Crippen LogP contribution in [0.15, 0.2) is 18.2 Å². The molecule has 0 spiro atoms. The van der Waals surface area contributed by atoms with Crippen LogP contribution < -0.4 is 11.1 Å². The highest BCUT2D eigenvalue weighted by Crippen LogP contribution is 2.25. The number of nitrogens with one attached hydrogen (secondary N) is 1. The highest BCUT2D eigenvalue weighted by molar-refractivity contribution is 5.65. The van der Waals surface area contributed by atoms with E-state index < -0.39 is 4.92 Å². The van der Waals surface area contributed by atoms with E-state index in [0.29, 0.717) is 6.04 Å². The maximum Gasteiger partial charge on any atom is 0.292 e. The molecule has 0 fully saturated rings. The zero-order chi connectivity index (χ0) is 14.4. The lowest BCUT2D eigenvalue weighted by Gasteiger charge is -2.16. The molecular weight excluding hydrogens is 242 g/mol. The van der Waals surface area contributed by atoms with Crippen molar-refractivity contribution in [2.24, 2.45) is 5.92 Å². The molecule has 5 nitrogen and oxygen atoms in total. The average Bonchev–Trinajstić information content (AvgIpc) is 2.27. The molecule has 5 heteroatoms. The van der Waals surface area contributed by atoms with Crippen LogP contribution >= 0.6 is 0 Å². The Balaban J connectivity index is 2.53. The van der Waals surface area contributed by atoms with Crippen molar-refractivity contribution in [2.75, 3.05) is 11.1 Å². The van der Waals surface area contributed by atoms with Gasteiger partial charge in [-0.25, -0.2) is 0 Å². The van der Waals surface area contributed by atoms with Crippen molar-refractivity contribution < 1.29 is 4.92 Å². The van der Waals surface area contributed by atoms with Gasteiger partial charge in [-0.05, 0) is 31.4 Å². The summed E-state index contributed by atoms with van der Waals surface area (Å²) in [6, 6.07) is 5.10. The van der Waals surface area contributed by atoms with Gasteiger partial charge in [0.15, 0.2) is 0 Å². The number of nitro benzene ring substituents is 1. The fraction of sp³-hybridized carbons (Fsp3) is 0.571. The lowest BCUT2D eigenvalue weighted by atomic mass is 10.0. The second kappa shape index (κ2) is 6.97. The van der Waals surface area contributed by atoms with E-state index in [-0.39, 0.29) is 11.4 Å². The van der Waals surface area contributed by atoms with Crippen LogP contribution in [0.5, 0.6) is 0 Å². The van der Waals surface area contributed by atoms with Crippen LogP contribution in [0, 0.1) is 16.0 Å². The predicted molar refractivity (Wildman–Crippen MR) is 79.3 cm³/mol. The summed E-state index contributed by atoms with van der Waals surface area (Å²) in [5.74, 6) is 0.724. The molecule has 0 aliphatic carbocycles. The molecular formula is C14H23N3O2. The first-order valence-electron chi connectivity index (χ1n) is 6.70. The monoisotopic (exact) mass is 265 g/mol. The maximum absolute atomic E-state index is 10.7. The summed E-state index contributed by atoms with van der Waals surface area (Å²) in [6.07, 6.45) is 3.47. The minimum absolute atomic E-state index is 0.0435. The van der Waals surface area contributed by atoms with Crippen LogP contribution in [-0.4, -0.2) is 11.0 Å². The van der Waals surface area contributed by atoms with Crippen LogP contribution in [-0.2, 0) is 0 Å². The second-order valence-corrected chi connectivity index (χ2v) is 5.40. The number of nitrogens with zero attached hydrogens (tertiary/aromatic N) is 1. The zero-order valence-corrected chi connectivity index (χ0v) is 11.8. The first kappa shape index (κ1) is 15.3. The van der Waals surface area contributed by atoms with Crippen LogP contribution in [0.2, 0.25) is 0 Å². The van der Waals surface area contributed by atoms with Gasteiger partial charge in [0.25, 0.3) is 5.69 Å². The predicted octanol–water partition coefficient (Wildman–Crippen LogP) is 3.80. The molecule has 0 bridgehead atoms. The molecule has 0 radical (unpaired) electrons. The molecule has 0 heterocycles. The average molecular weight is 265 g/mol. The van der Waals surface area contributed by atoms with E-state index >= 15 is 0 Å². The van der Waals surface area contributed by atoms with Gasteiger partial charge in [0.2, 0.25) is 0 Å². The third-order valence-electron chi connectivity index (χ3n) is 3.06. The molecule has 0 saturated heterocycles. The van der Waals surface area contributed by atoms with Crippen molar-refractivity contribution >= 4 is 17.1 Å². The van der Waals surface area contributed by atoms with Gasteiger partial charge in [-0.2, -0.15) is 0 Å². The van der Waals surface area contributed by atoms with Crippen LogP contribution in [0.1, 0.15) is 40.0 Å². The van der Waals surface area contributed by atoms with Crippen LogP contribution in [0.4, 0.5) is 17.1 Å². The molecule has 1 unspecified atom stereocenters. The Bertz CT molecular complexity index is 433. The van der Waals surface area contributed by atoms with Crippen molar-refractivity contribution in [1.82, 2.24) is 0 Å². The molecule has 106 valence electrons. The number of hydrogen-bond donors (Lipinski definition) is 2. The molecule has 1 atom stereocenters. The standard InChI is InChI=1S/C14H23N3O2/c1-10(2)5-4-6-11(3)16-12-7-8-14(17(18)19)13(15)9-12/h7-11,16H,4-6,15H2,1-3H3. The lowest BCUT2D eigenvalue weighted by Crippen LogP contribution is -2.15. The Morgan fingerprint density at radius 1 is 1.32 bits per heavy atom. The van der Waals surface area contributed by atoms with Gasteiger partial charge in [0.1, 0.15) is 5.69 Å². The van der Waals surface area contributed by atoms with E-state index in [1.165, 1.54) is 18.9 Å². The van der Waals surface area contributed by atoms with Crippen molar-refractivity contribution in [3.05, 3.63) is 28.3 Å². The van der Waals surface area contributed by atoms with Crippen molar-refractivity contribution in [2.45, 2.75) is 46.1 Å². The molecule has 1 rings (SSSR count). The Morgan fingerprint density at radius 2 is 2.00 bits per heavy atom. The SMILES string of the molecule is CC(C)CCCC(C)Nc1ccc([N+](=O)[O-])c(N)c1. The molecule has 0 aliphatic heterocycles. The number of rotatable bonds is 7. The van der Waals surface area contributed by atoms with Gasteiger partial charge in [0, 0.05) is 17.8 Å². The Labute approximate surface area is 114 Å². The topological polar surface area (TPSA) is 81.2 Å². The first-order valence-corrected chi connectivity index (χ1v) is 6.70. The minimum atomic E-state index is -0.467. The number of benzene rings is 1. The molecule has 0 saturated carbocycles. The summed E-state index contributed by atoms with van der Waals surface area (Å²) in [4.78, 5) is 10.2. The van der Waals surface area contributed by atoms with Gasteiger partial charge in [-0.1, -0.05) is 26.7 Å². The van der Waals surface area contributed by atoms with E-state index in [9.17, 15) is 10.1 Å². The third kappa shape index (κ3) is 5.16. The van der Waals surface area contributed by atoms with Gasteiger partial charge in [-0.3, -0.25) is 10.1 Å². The van der Waals surface area contributed by atoms with Crippen LogP contribution in [0.25, 0.3) is 0 Å². The number of hydrogen-bond acceptors (Lipinski definition) is 4. The molecule has 3 N–H and O–H groups in total. The Morgan fingerprint density at radius 3 is 2.53 bits per heavy atom. The van der Waals surface area contributed by atoms with E-state index in [0.717, 1.165) is 18.0 Å². The van der Waals surface area contributed by atoms with Gasteiger partial charge < -0.3 is 11.1 Å². The second-order valence-electron chi connectivity index (χ2n) is 5.40. The lowest BCUT2D eigenvalue weighted by molar-refractivity contribution is -0.383. The molecule has 0 amide bonds. The minimum Gasteiger partial charge on any atom is -0.393 e. The summed E-state index contributed by atoms with van der Waals surface area (Å²) in [6.45, 7) is 6.54. The van der Waals surface area contributed by atoms with Gasteiger partial charge in [0.05, 0.1) is 4.92 Å². The van der Waals surface area contributed by atoms with Crippen molar-refractivity contribution in [3.8, 4) is 0 Å². The highest BCUT2D eigenvalue weighted by atomic mass is 16.6. The summed E-state index contributed by atoms with van der Waals surface area (Å²) in [5.41, 5.74) is 6.64.